The van der Waals surface area contributed by atoms with Crippen molar-refractivity contribution in [1.82, 2.24) is 0 Å². The van der Waals surface area contributed by atoms with Gasteiger partial charge in [-0.1, -0.05) is 0 Å². The Balaban J connectivity index is 1.80. The molecule has 1 aliphatic heterocycles. The molecule has 1 fully saturated rings. The van der Waals surface area contributed by atoms with Crippen LogP contribution in [0, 0.1) is 6.92 Å². The van der Waals surface area contributed by atoms with Crippen LogP contribution in [-0.2, 0) is 4.74 Å². The zero-order valence-electron chi connectivity index (χ0n) is 13.5. The number of ether oxygens (including phenoxy) is 2. The number of hydrogen-bond donors (Lipinski definition) is 2. The van der Waals surface area contributed by atoms with Gasteiger partial charge in [-0.3, -0.25) is 4.79 Å². The highest BCUT2D eigenvalue weighted by atomic mass is 16.7. The van der Waals surface area contributed by atoms with E-state index in [1.54, 1.807) is 25.1 Å². The minimum absolute atomic E-state index is 0.101. The van der Waals surface area contributed by atoms with Crippen LogP contribution in [0.2, 0.25) is 0 Å². The third kappa shape index (κ3) is 3.51. The number of phenols is 2. The topological polar surface area (TPSA) is 76.0 Å². The molecule has 1 aliphatic rings. The number of carbonyl (C=O) groups excluding carboxylic acids is 1. The standard InChI is InChI=1S/C19H20O5/c1-12-10-13(20)5-7-15(12)19(22)16-8-6-14(11-17(16)21)24-18-4-2-3-9-23-18/h5-8,10-11,18,20-21H,2-4,9H2,1H3. The van der Waals surface area contributed by atoms with Crippen molar-refractivity contribution in [2.45, 2.75) is 32.5 Å². The van der Waals surface area contributed by atoms with Gasteiger partial charge in [-0.15, -0.1) is 0 Å². The number of hydrogen-bond acceptors (Lipinski definition) is 5. The molecule has 0 radical (unpaired) electrons. The molecule has 0 bridgehead atoms. The smallest absolute Gasteiger partial charge is 0.199 e. The first kappa shape index (κ1) is 16.3. The summed E-state index contributed by atoms with van der Waals surface area (Å²) >= 11 is 0. The highest BCUT2D eigenvalue weighted by Gasteiger charge is 2.19. The number of benzene rings is 2. The summed E-state index contributed by atoms with van der Waals surface area (Å²) in [4.78, 5) is 12.6. The molecule has 2 N–H and O–H groups in total. The van der Waals surface area contributed by atoms with Crippen molar-refractivity contribution in [3.8, 4) is 17.2 Å². The molecule has 1 heterocycles. The second-order valence-corrected chi connectivity index (χ2v) is 5.92. The van der Waals surface area contributed by atoms with Crippen LogP contribution in [0.3, 0.4) is 0 Å². The highest BCUT2D eigenvalue weighted by Crippen LogP contribution is 2.29. The van der Waals surface area contributed by atoms with E-state index in [-0.39, 0.29) is 29.1 Å². The minimum Gasteiger partial charge on any atom is -0.508 e. The Morgan fingerprint density at radius 2 is 1.92 bits per heavy atom. The van der Waals surface area contributed by atoms with E-state index in [1.807, 2.05) is 0 Å². The van der Waals surface area contributed by atoms with Crippen LogP contribution in [0.15, 0.2) is 36.4 Å². The summed E-state index contributed by atoms with van der Waals surface area (Å²) in [5.74, 6) is 0.133. The van der Waals surface area contributed by atoms with Gasteiger partial charge in [0.1, 0.15) is 17.2 Å². The average molecular weight is 328 g/mol. The third-order valence-electron chi connectivity index (χ3n) is 4.07. The van der Waals surface area contributed by atoms with Crippen LogP contribution in [0.1, 0.15) is 40.7 Å². The van der Waals surface area contributed by atoms with Crippen molar-refractivity contribution in [3.63, 3.8) is 0 Å². The van der Waals surface area contributed by atoms with Gasteiger partial charge in [-0.2, -0.15) is 0 Å². The number of rotatable bonds is 4. The first-order valence-corrected chi connectivity index (χ1v) is 8.00. The van der Waals surface area contributed by atoms with Gasteiger partial charge in [0.05, 0.1) is 12.2 Å². The first-order valence-electron chi connectivity index (χ1n) is 8.00. The maximum atomic E-state index is 12.6. The average Bonchev–Trinajstić information content (AvgIpc) is 2.55. The summed E-state index contributed by atoms with van der Waals surface area (Å²) < 4.78 is 11.2. The Morgan fingerprint density at radius 1 is 1.12 bits per heavy atom. The van der Waals surface area contributed by atoms with Gasteiger partial charge >= 0.3 is 0 Å². The molecule has 1 atom stereocenters. The molecular formula is C19H20O5. The minimum atomic E-state index is -0.306. The van der Waals surface area contributed by atoms with E-state index in [9.17, 15) is 15.0 Å². The lowest BCUT2D eigenvalue weighted by Gasteiger charge is -2.23. The van der Waals surface area contributed by atoms with E-state index in [4.69, 9.17) is 9.47 Å². The van der Waals surface area contributed by atoms with Gasteiger partial charge in [-0.25, -0.2) is 0 Å². The molecule has 1 unspecified atom stereocenters. The fourth-order valence-electron chi connectivity index (χ4n) is 2.78. The summed E-state index contributed by atoms with van der Waals surface area (Å²) in [5.41, 5.74) is 1.28. The molecule has 24 heavy (non-hydrogen) atoms. The van der Waals surface area contributed by atoms with Gasteiger partial charge in [0.2, 0.25) is 0 Å². The largest absolute Gasteiger partial charge is 0.508 e. The van der Waals surface area contributed by atoms with Gasteiger partial charge in [0.15, 0.2) is 12.1 Å². The van der Waals surface area contributed by atoms with Gasteiger partial charge in [0, 0.05) is 18.1 Å². The fraction of sp³-hybridized carbons (Fsp3) is 0.316. The lowest BCUT2D eigenvalue weighted by molar-refractivity contribution is -0.105. The Bertz CT molecular complexity index is 747. The van der Waals surface area contributed by atoms with Crippen molar-refractivity contribution >= 4 is 5.78 Å². The number of ketones is 1. The van der Waals surface area contributed by atoms with Crippen molar-refractivity contribution in [3.05, 3.63) is 53.1 Å². The first-order chi connectivity index (χ1) is 11.5. The van der Waals surface area contributed by atoms with E-state index in [1.165, 1.54) is 18.2 Å². The Hall–Kier alpha value is -2.53. The van der Waals surface area contributed by atoms with Crippen molar-refractivity contribution < 1.29 is 24.5 Å². The summed E-state index contributed by atoms with van der Waals surface area (Å²) in [7, 11) is 0. The Kier molecular flexibility index (Phi) is 4.71. The summed E-state index contributed by atoms with van der Waals surface area (Å²) in [6.07, 6.45) is 2.59. The van der Waals surface area contributed by atoms with Gasteiger partial charge in [0.25, 0.3) is 0 Å². The zero-order valence-corrected chi connectivity index (χ0v) is 13.5. The molecule has 0 amide bonds. The SMILES string of the molecule is Cc1cc(O)ccc1C(=O)c1ccc(OC2CCCCO2)cc1O. The van der Waals surface area contributed by atoms with Crippen LogP contribution in [-0.4, -0.2) is 28.9 Å². The molecule has 1 saturated heterocycles. The number of aryl methyl sites for hydroxylation is 1. The predicted molar refractivity (Wildman–Crippen MR) is 88.6 cm³/mol. The van der Waals surface area contributed by atoms with Crippen LogP contribution >= 0.6 is 0 Å². The predicted octanol–water partition coefficient (Wildman–Crippen LogP) is 3.54. The maximum absolute atomic E-state index is 12.6. The molecule has 0 saturated carbocycles. The Morgan fingerprint density at radius 3 is 2.58 bits per heavy atom. The lowest BCUT2D eigenvalue weighted by atomic mass is 9.98. The van der Waals surface area contributed by atoms with E-state index in [2.05, 4.69) is 0 Å². The normalized spacial score (nSPS) is 17.5. The van der Waals surface area contributed by atoms with Gasteiger partial charge in [-0.05, 0) is 55.7 Å². The highest BCUT2D eigenvalue weighted by molar-refractivity contribution is 6.11. The van der Waals surface area contributed by atoms with E-state index in [0.717, 1.165) is 19.3 Å². The molecule has 2 aromatic carbocycles. The molecule has 0 spiro atoms. The summed E-state index contributed by atoms with van der Waals surface area (Å²) in [6, 6.07) is 9.15. The van der Waals surface area contributed by atoms with E-state index >= 15 is 0 Å². The molecule has 2 aromatic rings. The lowest BCUT2D eigenvalue weighted by Crippen LogP contribution is -2.24. The fourth-order valence-corrected chi connectivity index (χ4v) is 2.78. The van der Waals surface area contributed by atoms with E-state index < -0.39 is 0 Å². The molecular weight excluding hydrogens is 308 g/mol. The van der Waals surface area contributed by atoms with Crippen molar-refractivity contribution in [2.24, 2.45) is 0 Å². The van der Waals surface area contributed by atoms with Crippen molar-refractivity contribution in [1.29, 1.82) is 0 Å². The van der Waals surface area contributed by atoms with E-state index in [0.29, 0.717) is 23.5 Å². The number of phenolic OH excluding ortho intramolecular Hbond substituents is 2. The second-order valence-electron chi connectivity index (χ2n) is 5.92. The molecule has 0 aromatic heterocycles. The molecule has 3 rings (SSSR count). The zero-order chi connectivity index (χ0) is 17.1. The number of aromatic hydroxyl groups is 2. The quantitative estimate of drug-likeness (QED) is 0.840. The van der Waals surface area contributed by atoms with Crippen LogP contribution in [0.5, 0.6) is 17.2 Å². The van der Waals surface area contributed by atoms with Gasteiger partial charge < -0.3 is 19.7 Å². The molecule has 5 nitrogen and oxygen atoms in total. The van der Waals surface area contributed by atoms with Crippen molar-refractivity contribution in [2.75, 3.05) is 6.61 Å². The molecule has 126 valence electrons. The maximum Gasteiger partial charge on any atom is 0.199 e. The molecule has 0 aliphatic carbocycles. The Labute approximate surface area is 140 Å². The third-order valence-corrected chi connectivity index (χ3v) is 4.07. The monoisotopic (exact) mass is 328 g/mol. The van der Waals surface area contributed by atoms with Crippen LogP contribution in [0.4, 0.5) is 0 Å². The van der Waals surface area contributed by atoms with Crippen LogP contribution in [0.25, 0.3) is 0 Å². The summed E-state index contributed by atoms with van der Waals surface area (Å²) in [5, 5.41) is 19.7. The number of carbonyl (C=O) groups is 1. The summed E-state index contributed by atoms with van der Waals surface area (Å²) in [6.45, 7) is 2.41. The second kappa shape index (κ2) is 6.93. The van der Waals surface area contributed by atoms with Crippen LogP contribution < -0.4 is 4.74 Å². The molecule has 5 heteroatoms.